The second-order valence-electron chi connectivity index (χ2n) is 4.50. The summed E-state index contributed by atoms with van der Waals surface area (Å²) in [6.07, 6.45) is -0.553. The number of methoxy groups -OCH3 is 1. The molecule has 7 heteroatoms. The maximum Gasteiger partial charge on any atom is 0.305 e. The Morgan fingerprint density at radius 3 is 2.41 bits per heavy atom. The molecular formula is C10H21NO5S. The number of hydrogen-bond acceptors (Lipinski definition) is 5. The summed E-state index contributed by atoms with van der Waals surface area (Å²) in [6.45, 7) is 4.70. The minimum Gasteiger partial charge on any atom is -0.469 e. The lowest BCUT2D eigenvalue weighted by molar-refractivity contribution is -0.140. The van der Waals surface area contributed by atoms with E-state index in [1.807, 2.05) is 0 Å². The first-order valence-corrected chi connectivity index (χ1v) is 7.02. The highest BCUT2D eigenvalue weighted by molar-refractivity contribution is 7.89. The molecule has 0 aliphatic heterocycles. The highest BCUT2D eigenvalue weighted by Crippen LogP contribution is 2.11. The highest BCUT2D eigenvalue weighted by Gasteiger charge is 2.29. The van der Waals surface area contributed by atoms with Gasteiger partial charge in [-0.1, -0.05) is 0 Å². The van der Waals surface area contributed by atoms with E-state index < -0.39 is 27.6 Å². The van der Waals surface area contributed by atoms with Crippen molar-refractivity contribution in [3.8, 4) is 0 Å². The monoisotopic (exact) mass is 267 g/mol. The summed E-state index contributed by atoms with van der Waals surface area (Å²) in [5, 5.41) is 9.39. The van der Waals surface area contributed by atoms with Crippen LogP contribution in [-0.4, -0.2) is 44.0 Å². The van der Waals surface area contributed by atoms with Crippen molar-refractivity contribution in [2.75, 3.05) is 12.9 Å². The zero-order chi connectivity index (χ0) is 13.7. The largest absolute Gasteiger partial charge is 0.469 e. The van der Waals surface area contributed by atoms with E-state index >= 15 is 0 Å². The number of carbonyl (C=O) groups is 1. The molecule has 6 nitrogen and oxygen atoms in total. The van der Waals surface area contributed by atoms with Crippen LogP contribution in [0.1, 0.15) is 33.6 Å². The van der Waals surface area contributed by atoms with Crippen molar-refractivity contribution in [2.45, 2.75) is 45.3 Å². The van der Waals surface area contributed by atoms with E-state index in [0.717, 1.165) is 0 Å². The van der Waals surface area contributed by atoms with Gasteiger partial charge in [0.2, 0.25) is 10.0 Å². The van der Waals surface area contributed by atoms with Crippen LogP contribution < -0.4 is 4.72 Å². The molecule has 0 aromatic rings. The molecule has 2 N–H and O–H groups in total. The SMILES string of the molecule is COC(=O)CCCS(=O)(=O)NC(C)(C)C(C)O. The van der Waals surface area contributed by atoms with Gasteiger partial charge in [0, 0.05) is 6.42 Å². The van der Waals surface area contributed by atoms with Gasteiger partial charge < -0.3 is 9.84 Å². The van der Waals surface area contributed by atoms with Crippen LogP contribution in [-0.2, 0) is 19.6 Å². The van der Waals surface area contributed by atoms with Gasteiger partial charge in [-0.15, -0.1) is 0 Å². The maximum atomic E-state index is 11.6. The average Bonchev–Trinajstić information content (AvgIpc) is 2.15. The summed E-state index contributed by atoms with van der Waals surface area (Å²) < 4.78 is 30.1. The minimum absolute atomic E-state index is 0.0620. The van der Waals surface area contributed by atoms with Crippen molar-refractivity contribution in [1.82, 2.24) is 4.72 Å². The number of esters is 1. The summed E-state index contributed by atoms with van der Waals surface area (Å²) in [6, 6.07) is 0. The summed E-state index contributed by atoms with van der Waals surface area (Å²) in [5.41, 5.74) is -0.926. The fraction of sp³-hybridized carbons (Fsp3) is 0.900. The van der Waals surface area contributed by atoms with Crippen molar-refractivity contribution in [2.24, 2.45) is 0 Å². The van der Waals surface area contributed by atoms with Gasteiger partial charge in [0.25, 0.3) is 0 Å². The number of aliphatic hydroxyl groups excluding tert-OH is 1. The lowest BCUT2D eigenvalue weighted by Gasteiger charge is -2.28. The van der Waals surface area contributed by atoms with E-state index in [0.29, 0.717) is 0 Å². The molecule has 0 radical (unpaired) electrons. The minimum atomic E-state index is -3.51. The number of nitrogens with one attached hydrogen (secondary N) is 1. The fourth-order valence-corrected chi connectivity index (χ4v) is 2.64. The summed E-state index contributed by atoms with van der Waals surface area (Å²) in [4.78, 5) is 10.8. The second kappa shape index (κ2) is 6.32. The molecule has 0 aromatic heterocycles. The van der Waals surface area contributed by atoms with Gasteiger partial charge in [0.15, 0.2) is 0 Å². The molecule has 1 atom stereocenters. The van der Waals surface area contributed by atoms with E-state index in [2.05, 4.69) is 9.46 Å². The average molecular weight is 267 g/mol. The number of aliphatic hydroxyl groups is 1. The van der Waals surface area contributed by atoms with E-state index in [9.17, 15) is 18.3 Å². The number of carbonyl (C=O) groups excluding carboxylic acids is 1. The number of rotatable bonds is 7. The molecule has 0 amide bonds. The zero-order valence-electron chi connectivity index (χ0n) is 10.7. The van der Waals surface area contributed by atoms with E-state index in [1.54, 1.807) is 13.8 Å². The maximum absolute atomic E-state index is 11.6. The molecule has 102 valence electrons. The standard InChI is InChI=1S/C10H21NO5S/c1-8(12)10(2,3)11-17(14,15)7-5-6-9(13)16-4/h8,11-12H,5-7H2,1-4H3. The molecule has 0 aliphatic rings. The van der Waals surface area contributed by atoms with Gasteiger partial charge in [0.05, 0.1) is 24.5 Å². The Labute approximate surface area is 102 Å². The summed E-state index contributed by atoms with van der Waals surface area (Å²) >= 11 is 0. The molecule has 0 bridgehead atoms. The third-order valence-corrected chi connectivity index (χ3v) is 4.15. The van der Waals surface area contributed by atoms with Crippen molar-refractivity contribution in [3.63, 3.8) is 0 Å². The molecule has 1 unspecified atom stereocenters. The first-order valence-electron chi connectivity index (χ1n) is 5.37. The van der Waals surface area contributed by atoms with Crippen molar-refractivity contribution in [1.29, 1.82) is 0 Å². The fourth-order valence-electron chi connectivity index (χ4n) is 1.05. The normalized spacial score (nSPS) is 14.4. The van der Waals surface area contributed by atoms with Gasteiger partial charge in [-0.05, 0) is 27.2 Å². The molecule has 0 saturated carbocycles. The number of ether oxygens (including phenoxy) is 1. The van der Waals surface area contributed by atoms with Crippen LogP contribution in [0.3, 0.4) is 0 Å². The number of sulfonamides is 1. The predicted molar refractivity (Wildman–Crippen MR) is 63.9 cm³/mol. The summed E-state index contributed by atoms with van der Waals surface area (Å²) in [5.74, 6) is -0.604. The first-order chi connectivity index (χ1) is 7.60. The van der Waals surface area contributed by atoms with Crippen LogP contribution in [0.2, 0.25) is 0 Å². The molecule has 0 rings (SSSR count). The van der Waals surface area contributed by atoms with E-state index in [-0.39, 0.29) is 18.6 Å². The third-order valence-electron chi connectivity index (χ3n) is 2.48. The van der Waals surface area contributed by atoms with Crippen molar-refractivity contribution >= 4 is 16.0 Å². The molecular weight excluding hydrogens is 246 g/mol. The molecule has 17 heavy (non-hydrogen) atoms. The Hall–Kier alpha value is -0.660. The lowest BCUT2D eigenvalue weighted by Crippen LogP contribution is -2.51. The van der Waals surface area contributed by atoms with Crippen molar-refractivity contribution < 1.29 is 23.1 Å². The number of hydrogen-bond donors (Lipinski definition) is 2. The van der Waals surface area contributed by atoms with Gasteiger partial charge in [-0.25, -0.2) is 13.1 Å². The Morgan fingerprint density at radius 2 is 2.00 bits per heavy atom. The van der Waals surface area contributed by atoms with E-state index in [1.165, 1.54) is 14.0 Å². The van der Waals surface area contributed by atoms with Crippen LogP contribution in [0.15, 0.2) is 0 Å². The van der Waals surface area contributed by atoms with Crippen molar-refractivity contribution in [3.05, 3.63) is 0 Å². The van der Waals surface area contributed by atoms with Gasteiger partial charge >= 0.3 is 5.97 Å². The Kier molecular flexibility index (Phi) is 6.08. The predicted octanol–water partition coefficient (Wildman–Crippen LogP) is 0.0184. The molecule has 0 aliphatic carbocycles. The van der Waals surface area contributed by atoms with Gasteiger partial charge in [-0.3, -0.25) is 4.79 Å². The first kappa shape index (κ1) is 16.3. The molecule has 0 fully saturated rings. The quantitative estimate of drug-likeness (QED) is 0.634. The van der Waals surface area contributed by atoms with Crippen LogP contribution in [0, 0.1) is 0 Å². The van der Waals surface area contributed by atoms with Crippen LogP contribution in [0.4, 0.5) is 0 Å². The van der Waals surface area contributed by atoms with Gasteiger partial charge in [0.1, 0.15) is 0 Å². The second-order valence-corrected chi connectivity index (χ2v) is 6.34. The Bertz CT molecular complexity index is 348. The zero-order valence-corrected chi connectivity index (χ0v) is 11.5. The summed E-state index contributed by atoms with van der Waals surface area (Å²) in [7, 11) is -2.25. The van der Waals surface area contributed by atoms with E-state index in [4.69, 9.17) is 0 Å². The van der Waals surface area contributed by atoms with Crippen LogP contribution in [0.25, 0.3) is 0 Å². The molecule has 0 saturated heterocycles. The van der Waals surface area contributed by atoms with Crippen LogP contribution >= 0.6 is 0 Å². The molecule has 0 heterocycles. The topological polar surface area (TPSA) is 92.7 Å². The molecule has 0 spiro atoms. The molecule has 0 aromatic carbocycles. The highest BCUT2D eigenvalue weighted by atomic mass is 32.2. The Morgan fingerprint density at radius 1 is 1.47 bits per heavy atom. The third kappa shape index (κ3) is 6.60. The van der Waals surface area contributed by atoms with Crippen LogP contribution in [0.5, 0.6) is 0 Å². The Balaban J connectivity index is 4.27. The lowest BCUT2D eigenvalue weighted by atomic mass is 10.0. The van der Waals surface area contributed by atoms with Gasteiger partial charge in [-0.2, -0.15) is 0 Å². The smallest absolute Gasteiger partial charge is 0.305 e.